The summed E-state index contributed by atoms with van der Waals surface area (Å²) < 4.78 is 0. The fourth-order valence-corrected chi connectivity index (χ4v) is 1.90. The summed E-state index contributed by atoms with van der Waals surface area (Å²) in [6.07, 6.45) is 1.79. The smallest absolute Gasteiger partial charge is 0.191 e. The molecule has 0 saturated carbocycles. The van der Waals surface area contributed by atoms with Crippen LogP contribution in [0, 0.1) is 0 Å². The summed E-state index contributed by atoms with van der Waals surface area (Å²) in [4.78, 5) is 8.83. The normalized spacial score (nSPS) is 11.2. The second kappa shape index (κ2) is 8.27. The summed E-state index contributed by atoms with van der Waals surface area (Å²) in [6.45, 7) is 4.11. The van der Waals surface area contributed by atoms with Crippen molar-refractivity contribution in [2.24, 2.45) is 4.99 Å². The van der Waals surface area contributed by atoms with Crippen LogP contribution < -0.4 is 10.6 Å². The van der Waals surface area contributed by atoms with Crippen LogP contribution in [0.3, 0.4) is 0 Å². The van der Waals surface area contributed by atoms with E-state index < -0.39 is 0 Å². The lowest BCUT2D eigenvalue weighted by Crippen LogP contribution is -2.36. The molecule has 2 N–H and O–H groups in total. The highest BCUT2D eigenvalue weighted by molar-refractivity contribution is 6.30. The molecule has 110 valence electrons. The Bertz CT molecular complexity index is 567. The van der Waals surface area contributed by atoms with Gasteiger partial charge in [0.05, 0.1) is 18.8 Å². The second-order valence-electron chi connectivity index (χ2n) is 4.50. The average Bonchev–Trinajstić information content (AvgIpc) is 2.52. The fraction of sp³-hybridized carbons (Fsp3) is 0.250. The molecule has 0 aliphatic rings. The van der Waals surface area contributed by atoms with Crippen LogP contribution in [0.15, 0.2) is 53.7 Å². The van der Waals surface area contributed by atoms with E-state index in [1.54, 1.807) is 6.20 Å². The molecule has 0 bridgehead atoms. The van der Waals surface area contributed by atoms with Crippen molar-refractivity contribution in [3.8, 4) is 0 Å². The van der Waals surface area contributed by atoms with Gasteiger partial charge in [0, 0.05) is 17.8 Å². The van der Waals surface area contributed by atoms with Gasteiger partial charge in [-0.3, -0.25) is 4.98 Å². The number of benzene rings is 1. The van der Waals surface area contributed by atoms with Crippen LogP contribution in [0.4, 0.5) is 0 Å². The number of nitrogens with one attached hydrogen (secondary N) is 2. The molecule has 4 nitrogen and oxygen atoms in total. The molecule has 2 rings (SSSR count). The average molecular weight is 303 g/mol. The minimum absolute atomic E-state index is 0.606. The molecular weight excluding hydrogens is 284 g/mol. The number of hydrogen-bond acceptors (Lipinski definition) is 2. The largest absolute Gasteiger partial charge is 0.357 e. The van der Waals surface area contributed by atoms with Crippen LogP contribution in [-0.4, -0.2) is 17.5 Å². The third-order valence-corrected chi connectivity index (χ3v) is 3.09. The van der Waals surface area contributed by atoms with Gasteiger partial charge >= 0.3 is 0 Å². The lowest BCUT2D eigenvalue weighted by Gasteiger charge is -2.11. The first-order valence-corrected chi connectivity index (χ1v) is 7.32. The molecule has 5 heteroatoms. The van der Waals surface area contributed by atoms with Gasteiger partial charge in [0.1, 0.15) is 0 Å². The Hall–Kier alpha value is -2.07. The second-order valence-corrected chi connectivity index (χ2v) is 4.93. The first-order chi connectivity index (χ1) is 10.3. The van der Waals surface area contributed by atoms with Gasteiger partial charge in [0.15, 0.2) is 5.96 Å². The number of aromatic nitrogens is 1. The van der Waals surface area contributed by atoms with Crippen molar-refractivity contribution < 1.29 is 0 Å². The molecule has 0 fully saturated rings. The number of aliphatic imine (C=N–C) groups is 1. The highest BCUT2D eigenvalue weighted by atomic mass is 35.5. The zero-order valence-corrected chi connectivity index (χ0v) is 12.8. The Morgan fingerprint density at radius 3 is 2.62 bits per heavy atom. The van der Waals surface area contributed by atoms with Crippen LogP contribution >= 0.6 is 11.6 Å². The standard InChI is InChI=1S/C16H19ClN4/c1-2-18-16(21-12-15-5-3-4-10-19-15)20-11-13-6-8-14(17)9-7-13/h3-10H,2,11-12H2,1H3,(H2,18,20,21). The van der Waals surface area contributed by atoms with Gasteiger partial charge in [0.25, 0.3) is 0 Å². The van der Waals surface area contributed by atoms with Crippen molar-refractivity contribution in [1.82, 2.24) is 15.6 Å². The third kappa shape index (κ3) is 5.44. The zero-order valence-electron chi connectivity index (χ0n) is 12.0. The predicted molar refractivity (Wildman–Crippen MR) is 87.3 cm³/mol. The van der Waals surface area contributed by atoms with Gasteiger partial charge in [-0.2, -0.15) is 0 Å². The van der Waals surface area contributed by atoms with Gasteiger partial charge in [-0.15, -0.1) is 0 Å². The molecule has 0 radical (unpaired) electrons. The Balaban J connectivity index is 1.94. The summed E-state index contributed by atoms with van der Waals surface area (Å²) in [5.74, 6) is 0.776. The van der Waals surface area contributed by atoms with Crippen molar-refractivity contribution in [1.29, 1.82) is 0 Å². The van der Waals surface area contributed by atoms with E-state index in [1.807, 2.05) is 49.4 Å². The number of hydrogen-bond donors (Lipinski definition) is 2. The molecule has 0 aliphatic heterocycles. The van der Waals surface area contributed by atoms with Gasteiger partial charge in [-0.25, -0.2) is 4.99 Å². The summed E-state index contributed by atoms with van der Waals surface area (Å²) in [7, 11) is 0. The van der Waals surface area contributed by atoms with Gasteiger partial charge < -0.3 is 10.6 Å². The van der Waals surface area contributed by atoms with E-state index in [4.69, 9.17) is 11.6 Å². The maximum atomic E-state index is 5.87. The molecule has 0 amide bonds. The number of rotatable bonds is 5. The highest BCUT2D eigenvalue weighted by Gasteiger charge is 1.99. The molecule has 2 aromatic rings. The van der Waals surface area contributed by atoms with E-state index >= 15 is 0 Å². The molecule has 1 aromatic heterocycles. The quantitative estimate of drug-likeness (QED) is 0.659. The van der Waals surface area contributed by atoms with Crippen LogP contribution in [0.2, 0.25) is 5.02 Å². The van der Waals surface area contributed by atoms with Crippen molar-refractivity contribution in [3.63, 3.8) is 0 Å². The minimum Gasteiger partial charge on any atom is -0.357 e. The first kappa shape index (κ1) is 15.3. The Morgan fingerprint density at radius 2 is 1.95 bits per heavy atom. The summed E-state index contributed by atoms with van der Waals surface area (Å²) >= 11 is 5.87. The zero-order chi connectivity index (χ0) is 14.9. The van der Waals surface area contributed by atoms with Crippen molar-refractivity contribution in [2.45, 2.75) is 20.0 Å². The van der Waals surface area contributed by atoms with Crippen LogP contribution in [-0.2, 0) is 13.1 Å². The summed E-state index contributed by atoms with van der Waals surface area (Å²) in [6, 6.07) is 13.6. The maximum absolute atomic E-state index is 5.87. The first-order valence-electron chi connectivity index (χ1n) is 6.94. The van der Waals surface area contributed by atoms with Crippen LogP contribution in [0.5, 0.6) is 0 Å². The summed E-state index contributed by atoms with van der Waals surface area (Å²) in [5, 5.41) is 7.23. The molecular formula is C16H19ClN4. The van der Waals surface area contributed by atoms with Crippen molar-refractivity contribution >= 4 is 17.6 Å². The SMILES string of the molecule is CCNC(=NCc1ccc(Cl)cc1)NCc1ccccn1. The number of halogens is 1. The van der Waals surface area contributed by atoms with Gasteiger partial charge in [0.2, 0.25) is 0 Å². The van der Waals surface area contributed by atoms with Crippen LogP contribution in [0.1, 0.15) is 18.2 Å². The molecule has 0 atom stereocenters. The van der Waals surface area contributed by atoms with E-state index in [-0.39, 0.29) is 0 Å². The molecule has 0 spiro atoms. The maximum Gasteiger partial charge on any atom is 0.191 e. The third-order valence-electron chi connectivity index (χ3n) is 2.84. The predicted octanol–water partition coefficient (Wildman–Crippen LogP) is 2.99. The molecule has 0 saturated heterocycles. The van der Waals surface area contributed by atoms with E-state index in [0.717, 1.165) is 28.8 Å². The van der Waals surface area contributed by atoms with E-state index in [9.17, 15) is 0 Å². The monoisotopic (exact) mass is 302 g/mol. The van der Waals surface area contributed by atoms with E-state index in [0.29, 0.717) is 13.1 Å². The topological polar surface area (TPSA) is 49.3 Å². The highest BCUT2D eigenvalue weighted by Crippen LogP contribution is 2.10. The minimum atomic E-state index is 0.606. The van der Waals surface area contributed by atoms with Crippen molar-refractivity contribution in [2.75, 3.05) is 6.54 Å². The van der Waals surface area contributed by atoms with Gasteiger partial charge in [-0.1, -0.05) is 29.8 Å². The Kier molecular flexibility index (Phi) is 6.03. The van der Waals surface area contributed by atoms with Crippen molar-refractivity contribution in [3.05, 3.63) is 64.9 Å². The van der Waals surface area contributed by atoms with E-state index in [1.165, 1.54) is 0 Å². The number of nitrogens with zero attached hydrogens (tertiary/aromatic N) is 2. The summed E-state index contributed by atoms with van der Waals surface area (Å²) in [5.41, 5.74) is 2.10. The number of pyridine rings is 1. The number of guanidine groups is 1. The van der Waals surface area contributed by atoms with E-state index in [2.05, 4.69) is 20.6 Å². The fourth-order valence-electron chi connectivity index (χ4n) is 1.78. The molecule has 1 aromatic carbocycles. The molecule has 0 unspecified atom stereocenters. The molecule has 1 heterocycles. The lowest BCUT2D eigenvalue weighted by molar-refractivity contribution is 0.799. The Labute approximate surface area is 130 Å². The van der Waals surface area contributed by atoms with Gasteiger partial charge in [-0.05, 0) is 36.8 Å². The molecule has 0 aliphatic carbocycles. The molecule has 21 heavy (non-hydrogen) atoms. The lowest BCUT2D eigenvalue weighted by atomic mass is 10.2. The Morgan fingerprint density at radius 1 is 1.14 bits per heavy atom. The van der Waals surface area contributed by atoms with Crippen LogP contribution in [0.25, 0.3) is 0 Å².